The van der Waals surface area contributed by atoms with Crippen molar-refractivity contribution < 1.29 is 32.5 Å². The predicted octanol–water partition coefficient (Wildman–Crippen LogP) is 10.9. The molecule has 0 saturated carbocycles. The summed E-state index contributed by atoms with van der Waals surface area (Å²) in [6.45, 7) is 2.85. The molecule has 0 saturated heterocycles. The van der Waals surface area contributed by atoms with Crippen molar-refractivity contribution in [3.05, 3.63) is 70.8 Å². The fourth-order valence-corrected chi connectivity index (χ4v) is 4.77. The number of allylic oxidation sites excluding steroid dienone is 2. The van der Waals surface area contributed by atoms with E-state index in [2.05, 4.69) is 19.1 Å². The molecule has 1 atom stereocenters. The number of carbonyl (C=O) groups excluding carboxylic acids is 1. The second-order valence-corrected chi connectivity index (χ2v) is 11.5. The van der Waals surface area contributed by atoms with Crippen molar-refractivity contribution in [2.75, 3.05) is 6.61 Å². The van der Waals surface area contributed by atoms with Gasteiger partial charge in [0, 0.05) is 11.4 Å². The average molecular weight is 611 g/mol. The molecular weight excluding hydrogens is 565 g/mol. The maximum Gasteiger partial charge on any atom is 0.416 e. The molecular formula is C34H46ClF3O4. The number of carbonyl (C=O) groups is 1. The summed E-state index contributed by atoms with van der Waals surface area (Å²) in [5.41, 5.74) is -3.50. The van der Waals surface area contributed by atoms with Crippen molar-refractivity contribution >= 4 is 17.6 Å². The molecule has 0 bridgehead atoms. The van der Waals surface area contributed by atoms with E-state index < -0.39 is 35.5 Å². The Kier molecular flexibility index (Phi) is 16.1. The van der Waals surface area contributed by atoms with E-state index in [0.29, 0.717) is 17.2 Å². The Hall–Kier alpha value is -2.51. The zero-order chi connectivity index (χ0) is 30.8. The van der Waals surface area contributed by atoms with Crippen molar-refractivity contribution in [3.63, 3.8) is 0 Å². The monoisotopic (exact) mass is 610 g/mol. The Balaban J connectivity index is 1.70. The zero-order valence-electron chi connectivity index (χ0n) is 25.0. The standard InChI is InChI=1S/C34H46ClF3O4/c1-3-4-5-6-7-8-9-10-11-12-13-14-15-16-17-18-32(39)41-26-33(2,40)30-24-23-29(25-31(30)34(36,37)38)42-28-21-19-27(35)20-22-28/h10-11,19-25,40H,3-9,12-18,26H2,1-2H3/b11-10-. The van der Waals surface area contributed by atoms with Crippen molar-refractivity contribution in [1.29, 1.82) is 0 Å². The third kappa shape index (κ3) is 14.1. The van der Waals surface area contributed by atoms with Crippen molar-refractivity contribution in [3.8, 4) is 11.5 Å². The SMILES string of the molecule is CCCCCCCC/C=C\CCCCCCCC(=O)OCC(C)(O)c1ccc(Oc2ccc(Cl)cc2)cc1C(F)(F)F. The van der Waals surface area contributed by atoms with Crippen molar-refractivity contribution in [2.45, 2.75) is 116 Å². The second-order valence-electron chi connectivity index (χ2n) is 11.0. The van der Waals surface area contributed by atoms with Gasteiger partial charge in [-0.2, -0.15) is 13.2 Å². The molecule has 42 heavy (non-hydrogen) atoms. The molecule has 0 fully saturated rings. The number of halogens is 4. The molecule has 1 unspecified atom stereocenters. The second kappa shape index (κ2) is 18.9. The molecule has 0 aromatic heterocycles. The number of hydrogen-bond donors (Lipinski definition) is 1. The summed E-state index contributed by atoms with van der Waals surface area (Å²) in [6.07, 6.45) is 14.8. The Morgan fingerprint density at radius 1 is 0.810 bits per heavy atom. The minimum atomic E-state index is -4.76. The third-order valence-corrected chi connectivity index (χ3v) is 7.33. The van der Waals surface area contributed by atoms with Crippen LogP contribution in [-0.4, -0.2) is 17.7 Å². The van der Waals surface area contributed by atoms with E-state index >= 15 is 0 Å². The Morgan fingerprint density at radius 2 is 1.36 bits per heavy atom. The number of ether oxygens (including phenoxy) is 2. The van der Waals surface area contributed by atoms with Crippen LogP contribution in [0.5, 0.6) is 11.5 Å². The fraction of sp³-hybridized carbons (Fsp3) is 0.559. The Bertz CT molecular complexity index is 1080. The molecule has 4 nitrogen and oxygen atoms in total. The highest BCUT2D eigenvalue weighted by atomic mass is 35.5. The summed E-state index contributed by atoms with van der Waals surface area (Å²) in [5, 5.41) is 11.3. The number of aliphatic hydroxyl groups is 1. The first-order valence-corrected chi connectivity index (χ1v) is 15.6. The van der Waals surface area contributed by atoms with Gasteiger partial charge >= 0.3 is 12.1 Å². The number of unbranched alkanes of at least 4 members (excludes halogenated alkanes) is 11. The first-order chi connectivity index (χ1) is 20.0. The minimum Gasteiger partial charge on any atom is -0.462 e. The quantitative estimate of drug-likeness (QED) is 0.0920. The van der Waals surface area contributed by atoms with E-state index in [1.54, 1.807) is 12.1 Å². The van der Waals surface area contributed by atoms with E-state index in [9.17, 15) is 23.1 Å². The molecule has 0 aliphatic heterocycles. The highest BCUT2D eigenvalue weighted by Gasteiger charge is 2.40. The molecule has 0 radical (unpaired) electrons. The first kappa shape index (κ1) is 35.7. The van der Waals surface area contributed by atoms with Crippen LogP contribution in [0.2, 0.25) is 5.02 Å². The van der Waals surface area contributed by atoms with E-state index in [1.807, 2.05) is 0 Å². The lowest BCUT2D eigenvalue weighted by atomic mass is 9.91. The van der Waals surface area contributed by atoms with Crippen LogP contribution in [0.1, 0.15) is 115 Å². The average Bonchev–Trinajstić information content (AvgIpc) is 2.94. The molecule has 0 heterocycles. The van der Waals surface area contributed by atoms with Crippen LogP contribution < -0.4 is 4.74 Å². The smallest absolute Gasteiger partial charge is 0.416 e. The molecule has 1 N–H and O–H groups in total. The molecule has 0 spiro atoms. The highest BCUT2D eigenvalue weighted by molar-refractivity contribution is 6.30. The van der Waals surface area contributed by atoms with Crippen LogP contribution in [-0.2, 0) is 21.3 Å². The summed E-state index contributed by atoms with van der Waals surface area (Å²) >= 11 is 5.84. The summed E-state index contributed by atoms with van der Waals surface area (Å²) in [6, 6.07) is 9.50. The number of alkyl halides is 3. The van der Waals surface area contributed by atoms with E-state index in [-0.39, 0.29) is 12.2 Å². The number of benzene rings is 2. The van der Waals surface area contributed by atoms with Crippen molar-refractivity contribution in [2.24, 2.45) is 0 Å². The van der Waals surface area contributed by atoms with Gasteiger partial charge in [0.1, 0.15) is 23.7 Å². The highest BCUT2D eigenvalue weighted by Crippen LogP contribution is 2.40. The number of esters is 1. The molecule has 0 amide bonds. The van der Waals surface area contributed by atoms with Gasteiger partial charge in [0.25, 0.3) is 0 Å². The third-order valence-electron chi connectivity index (χ3n) is 7.08. The zero-order valence-corrected chi connectivity index (χ0v) is 25.7. The van der Waals surface area contributed by atoms with Crippen LogP contribution >= 0.6 is 11.6 Å². The molecule has 0 aliphatic carbocycles. The predicted molar refractivity (Wildman–Crippen MR) is 163 cm³/mol. The van der Waals surface area contributed by atoms with Gasteiger partial charge in [0.05, 0.1) is 5.56 Å². The normalized spacial score (nSPS) is 13.3. The van der Waals surface area contributed by atoms with Gasteiger partial charge in [-0.3, -0.25) is 4.79 Å². The lowest BCUT2D eigenvalue weighted by Gasteiger charge is -2.27. The van der Waals surface area contributed by atoms with Gasteiger partial charge in [-0.05, 0) is 81.0 Å². The van der Waals surface area contributed by atoms with Gasteiger partial charge < -0.3 is 14.6 Å². The Labute approximate surface area is 254 Å². The fourth-order valence-electron chi connectivity index (χ4n) is 4.64. The van der Waals surface area contributed by atoms with Crippen molar-refractivity contribution in [1.82, 2.24) is 0 Å². The molecule has 234 valence electrons. The van der Waals surface area contributed by atoms with Gasteiger partial charge in [0.2, 0.25) is 0 Å². The summed E-state index contributed by atoms with van der Waals surface area (Å²) in [4.78, 5) is 12.2. The van der Waals surface area contributed by atoms with Crippen LogP contribution in [0, 0.1) is 0 Å². The molecule has 2 aromatic carbocycles. The van der Waals surface area contributed by atoms with Crippen LogP contribution in [0.4, 0.5) is 13.2 Å². The molecule has 0 aliphatic rings. The van der Waals surface area contributed by atoms with Crippen LogP contribution in [0.3, 0.4) is 0 Å². The summed E-state index contributed by atoms with van der Waals surface area (Å²) < 4.78 is 52.4. The molecule has 2 aromatic rings. The first-order valence-electron chi connectivity index (χ1n) is 15.2. The number of rotatable bonds is 20. The van der Waals surface area contributed by atoms with Gasteiger partial charge in [-0.1, -0.05) is 88.1 Å². The van der Waals surface area contributed by atoms with Crippen LogP contribution in [0.15, 0.2) is 54.6 Å². The summed E-state index contributed by atoms with van der Waals surface area (Å²) in [7, 11) is 0. The lowest BCUT2D eigenvalue weighted by molar-refractivity contribution is -0.153. The van der Waals surface area contributed by atoms with E-state index in [1.165, 1.54) is 63.6 Å². The van der Waals surface area contributed by atoms with Gasteiger partial charge in [-0.15, -0.1) is 0 Å². The van der Waals surface area contributed by atoms with E-state index in [0.717, 1.165) is 50.7 Å². The molecule has 2 rings (SSSR count). The maximum atomic E-state index is 13.9. The molecule has 8 heteroatoms. The van der Waals surface area contributed by atoms with Gasteiger partial charge in [-0.25, -0.2) is 0 Å². The van der Waals surface area contributed by atoms with Gasteiger partial charge in [0.15, 0.2) is 0 Å². The largest absolute Gasteiger partial charge is 0.462 e. The maximum absolute atomic E-state index is 13.9. The van der Waals surface area contributed by atoms with Crippen LogP contribution in [0.25, 0.3) is 0 Å². The minimum absolute atomic E-state index is 0.0506. The summed E-state index contributed by atoms with van der Waals surface area (Å²) in [5.74, 6) is -0.272. The lowest BCUT2D eigenvalue weighted by Crippen LogP contribution is -2.32. The van der Waals surface area contributed by atoms with E-state index in [4.69, 9.17) is 21.1 Å². The number of hydrogen-bond acceptors (Lipinski definition) is 4. The Morgan fingerprint density at radius 3 is 1.95 bits per heavy atom. The topological polar surface area (TPSA) is 55.8 Å².